The fourth-order valence-electron chi connectivity index (χ4n) is 2.93. The minimum absolute atomic E-state index is 0.691. The van der Waals surface area contributed by atoms with Crippen LogP contribution < -0.4 is 5.22 Å². The first-order chi connectivity index (χ1) is 8.88. The molecule has 4 rings (SSSR count). The van der Waals surface area contributed by atoms with Crippen LogP contribution >= 0.6 is 0 Å². The maximum atomic E-state index is 9.12. The quantitative estimate of drug-likeness (QED) is 0.420. The molecule has 0 bridgehead atoms. The Kier molecular flexibility index (Phi) is 1.75. The first kappa shape index (κ1) is 9.58. The van der Waals surface area contributed by atoms with Crippen LogP contribution in [0.3, 0.4) is 0 Å². The molecule has 0 saturated heterocycles. The van der Waals surface area contributed by atoms with Crippen LogP contribution in [0.15, 0.2) is 42.5 Å². The summed E-state index contributed by atoms with van der Waals surface area (Å²) in [5.74, 6) is 0. The highest BCUT2D eigenvalue weighted by molar-refractivity contribution is 6.20. The Hall–Kier alpha value is -2.44. The van der Waals surface area contributed by atoms with E-state index in [-0.39, 0.29) is 0 Å². The Morgan fingerprint density at radius 2 is 1.67 bits per heavy atom. The lowest BCUT2D eigenvalue weighted by atomic mass is 9.89. The normalized spacial score (nSPS) is 13.7. The van der Waals surface area contributed by atoms with Crippen LogP contribution in [0, 0.1) is 0 Å². The molecule has 0 atom stereocenters. The van der Waals surface area contributed by atoms with E-state index in [1.54, 1.807) is 0 Å². The molecule has 0 saturated carbocycles. The lowest BCUT2D eigenvalue weighted by Crippen LogP contribution is -2.16. The highest BCUT2D eigenvalue weighted by Crippen LogP contribution is 2.28. The zero-order valence-corrected chi connectivity index (χ0v) is 9.72. The number of nitrogens with zero attached hydrogens (tertiary/aromatic N) is 2. The molecule has 0 fully saturated rings. The molecule has 0 radical (unpaired) electrons. The molecule has 3 aromatic carbocycles. The van der Waals surface area contributed by atoms with Gasteiger partial charge < -0.3 is 5.53 Å². The van der Waals surface area contributed by atoms with Gasteiger partial charge in [0.2, 0.25) is 0 Å². The van der Waals surface area contributed by atoms with Crippen LogP contribution in [-0.2, 0) is 0 Å². The van der Waals surface area contributed by atoms with Crippen molar-refractivity contribution in [1.82, 2.24) is 0 Å². The Morgan fingerprint density at radius 1 is 0.889 bits per heavy atom. The molecule has 0 spiro atoms. The van der Waals surface area contributed by atoms with Gasteiger partial charge in [0, 0.05) is 5.39 Å². The Morgan fingerprint density at radius 3 is 2.44 bits per heavy atom. The van der Waals surface area contributed by atoms with Crippen LogP contribution in [0.25, 0.3) is 33.2 Å². The van der Waals surface area contributed by atoms with Gasteiger partial charge in [-0.15, -0.1) is 0 Å². The molecule has 18 heavy (non-hydrogen) atoms. The summed E-state index contributed by atoms with van der Waals surface area (Å²) in [6.07, 6.45) is 2.82. The predicted octanol–water partition coefficient (Wildman–Crippen LogP) is 2.92. The van der Waals surface area contributed by atoms with Crippen LogP contribution in [0.2, 0.25) is 0 Å². The van der Waals surface area contributed by atoms with E-state index in [0.29, 0.717) is 6.42 Å². The Bertz CT molecular complexity index is 884. The maximum Gasteiger partial charge on any atom is 0.303 e. The first-order valence-electron chi connectivity index (χ1n) is 6.04. The number of hydrogen-bond donors (Lipinski definition) is 0. The third-order valence-corrected chi connectivity index (χ3v) is 3.76. The van der Waals surface area contributed by atoms with Crippen molar-refractivity contribution in [3.8, 4) is 0 Å². The predicted molar refractivity (Wildman–Crippen MR) is 73.5 cm³/mol. The average molecular weight is 230 g/mol. The van der Waals surface area contributed by atoms with Crippen molar-refractivity contribution in [2.45, 2.75) is 6.42 Å². The van der Waals surface area contributed by atoms with Crippen molar-refractivity contribution in [3.63, 3.8) is 0 Å². The lowest BCUT2D eigenvalue weighted by molar-refractivity contribution is -0.00563. The van der Waals surface area contributed by atoms with E-state index in [0.717, 1.165) is 11.3 Å². The molecule has 2 heteroatoms. The molecule has 0 unspecified atom stereocenters. The van der Waals surface area contributed by atoms with Gasteiger partial charge >= 0.3 is 5.71 Å². The number of hydrogen-bond acceptors (Lipinski definition) is 0. The van der Waals surface area contributed by atoms with E-state index in [1.165, 1.54) is 26.8 Å². The highest BCUT2D eigenvalue weighted by atomic mass is 14.9. The second-order valence-electron chi connectivity index (χ2n) is 4.68. The molecule has 0 N–H and O–H groups in total. The summed E-state index contributed by atoms with van der Waals surface area (Å²) in [5.41, 5.74) is 10.9. The molecule has 2 nitrogen and oxygen atoms in total. The van der Waals surface area contributed by atoms with E-state index >= 15 is 0 Å². The van der Waals surface area contributed by atoms with Crippen LogP contribution in [-0.4, -0.2) is 10.5 Å². The van der Waals surface area contributed by atoms with Crippen molar-refractivity contribution in [2.24, 2.45) is 0 Å². The van der Waals surface area contributed by atoms with Gasteiger partial charge in [-0.25, -0.2) is 0 Å². The van der Waals surface area contributed by atoms with Crippen molar-refractivity contribution < 1.29 is 4.79 Å². The van der Waals surface area contributed by atoms with E-state index in [1.807, 2.05) is 0 Å². The molecule has 3 aromatic rings. The SMILES string of the molecule is [N-]=[N+]=C1CC=c2ccc3cccc4ccc1c2c43. The van der Waals surface area contributed by atoms with Gasteiger partial charge in [-0.3, -0.25) is 0 Å². The van der Waals surface area contributed by atoms with Gasteiger partial charge in [0.1, 0.15) is 0 Å². The van der Waals surface area contributed by atoms with E-state index < -0.39 is 0 Å². The molecule has 1 aliphatic rings. The summed E-state index contributed by atoms with van der Waals surface area (Å²) in [4.78, 5) is 3.43. The van der Waals surface area contributed by atoms with Gasteiger partial charge in [0.25, 0.3) is 0 Å². The van der Waals surface area contributed by atoms with Crippen molar-refractivity contribution >= 4 is 33.3 Å². The topological polar surface area (TPSA) is 36.4 Å². The minimum atomic E-state index is 0.691. The van der Waals surface area contributed by atoms with Gasteiger partial charge in [-0.05, 0) is 27.4 Å². The molecule has 0 heterocycles. The van der Waals surface area contributed by atoms with Crippen molar-refractivity contribution in [3.05, 3.63) is 58.8 Å². The third-order valence-electron chi connectivity index (χ3n) is 3.76. The minimum Gasteiger partial charge on any atom is -0.361 e. The number of rotatable bonds is 0. The van der Waals surface area contributed by atoms with Gasteiger partial charge in [0.15, 0.2) is 0 Å². The Labute approximate surface area is 104 Å². The molecule has 0 aromatic heterocycles. The molecule has 1 aliphatic carbocycles. The van der Waals surface area contributed by atoms with Crippen molar-refractivity contribution in [2.75, 3.05) is 0 Å². The van der Waals surface area contributed by atoms with E-state index in [4.69, 9.17) is 5.53 Å². The molecule has 84 valence electrons. The fraction of sp³-hybridized carbons (Fsp3) is 0.0625. The molecular formula is C16H10N2. The maximum absolute atomic E-state index is 9.12. The average Bonchev–Trinajstić information content (AvgIpc) is 2.44. The Balaban J connectivity index is 2.41. The zero-order valence-electron chi connectivity index (χ0n) is 9.72. The fourth-order valence-corrected chi connectivity index (χ4v) is 2.93. The molecule has 0 aliphatic heterocycles. The van der Waals surface area contributed by atoms with Gasteiger partial charge in [-0.2, -0.15) is 4.79 Å². The highest BCUT2D eigenvalue weighted by Gasteiger charge is 2.20. The van der Waals surface area contributed by atoms with Gasteiger partial charge in [-0.1, -0.05) is 42.5 Å². The summed E-state index contributed by atoms with van der Waals surface area (Å²) >= 11 is 0. The summed E-state index contributed by atoms with van der Waals surface area (Å²) in [5, 5.41) is 6.19. The van der Waals surface area contributed by atoms with E-state index in [2.05, 4.69) is 53.3 Å². The van der Waals surface area contributed by atoms with E-state index in [9.17, 15) is 0 Å². The largest absolute Gasteiger partial charge is 0.361 e. The monoisotopic (exact) mass is 230 g/mol. The van der Waals surface area contributed by atoms with Crippen LogP contribution in [0.1, 0.15) is 12.0 Å². The lowest BCUT2D eigenvalue weighted by Gasteiger charge is -2.11. The van der Waals surface area contributed by atoms with Gasteiger partial charge in [0.05, 0.1) is 12.0 Å². The second kappa shape index (κ2) is 3.28. The number of benzene rings is 3. The molecular weight excluding hydrogens is 220 g/mol. The second-order valence-corrected chi connectivity index (χ2v) is 4.68. The smallest absolute Gasteiger partial charge is 0.303 e. The van der Waals surface area contributed by atoms with Crippen LogP contribution in [0.4, 0.5) is 0 Å². The summed E-state index contributed by atoms with van der Waals surface area (Å²) < 4.78 is 0. The standard InChI is InChI=1S/C16H10N2/c17-18-14-9-7-12-5-4-10-2-1-3-11-6-8-13(14)16(12)15(10)11/h1-8H,9H2. The summed E-state index contributed by atoms with van der Waals surface area (Å²) in [6, 6.07) is 14.8. The van der Waals surface area contributed by atoms with Crippen LogP contribution in [0.5, 0.6) is 0 Å². The summed E-state index contributed by atoms with van der Waals surface area (Å²) in [7, 11) is 0. The zero-order chi connectivity index (χ0) is 12.1. The summed E-state index contributed by atoms with van der Waals surface area (Å²) in [6.45, 7) is 0. The first-order valence-corrected chi connectivity index (χ1v) is 6.04. The molecule has 0 amide bonds. The van der Waals surface area contributed by atoms with Crippen molar-refractivity contribution in [1.29, 1.82) is 0 Å². The third kappa shape index (κ3) is 1.08.